The van der Waals surface area contributed by atoms with Crippen LogP contribution in [0.5, 0.6) is 11.5 Å². The number of fused-ring (bicyclic) bond motifs is 1. The Balaban J connectivity index is 1.21. The number of ether oxygens (including phenoxy) is 2. The van der Waals surface area contributed by atoms with E-state index in [1.54, 1.807) is 7.11 Å². The number of nitrogens with one attached hydrogen (secondary N) is 1. The Kier molecular flexibility index (Phi) is 11.7. The molecule has 0 saturated heterocycles. The molecular formula is C34H40ClN3O3. The molecule has 0 radical (unpaired) electrons. The highest BCUT2D eigenvalue weighted by molar-refractivity contribution is 6.31. The number of hydrogen-bond donors (Lipinski definition) is 1. The quantitative estimate of drug-likeness (QED) is 0.140. The van der Waals surface area contributed by atoms with E-state index in [1.165, 1.54) is 5.52 Å². The van der Waals surface area contributed by atoms with Gasteiger partial charge < -0.3 is 19.4 Å². The van der Waals surface area contributed by atoms with Gasteiger partial charge in [-0.2, -0.15) is 0 Å². The lowest BCUT2D eigenvalue weighted by molar-refractivity contribution is -0.120. The molecule has 0 atom stereocenters. The maximum atomic E-state index is 12.3. The Hall–Kier alpha value is -3.77. The molecule has 0 aliphatic heterocycles. The van der Waals surface area contributed by atoms with Crippen molar-refractivity contribution >= 4 is 34.6 Å². The van der Waals surface area contributed by atoms with Crippen molar-refractivity contribution in [1.82, 2.24) is 14.9 Å². The number of unbranched alkanes of at least 4 members (excludes halogenated alkanes) is 3. The number of carbonyl (C=O) groups excluding carboxylic acids is 1. The molecule has 0 aliphatic carbocycles. The van der Waals surface area contributed by atoms with E-state index in [-0.39, 0.29) is 5.91 Å². The summed E-state index contributed by atoms with van der Waals surface area (Å²) in [4.78, 5) is 17.2. The summed E-state index contributed by atoms with van der Waals surface area (Å²) in [6, 6.07) is 21.8. The van der Waals surface area contributed by atoms with Crippen LogP contribution in [0.25, 0.3) is 17.1 Å². The number of allylic oxidation sites excluding steroid dienone is 1. The third-order valence-corrected chi connectivity index (χ3v) is 7.39. The second kappa shape index (κ2) is 15.9. The third-order valence-electron chi connectivity index (χ3n) is 7.02. The fraction of sp³-hybridized carbons (Fsp3) is 0.353. The highest BCUT2D eigenvalue weighted by atomic mass is 35.5. The van der Waals surface area contributed by atoms with E-state index in [2.05, 4.69) is 28.1 Å². The fourth-order valence-electron chi connectivity index (χ4n) is 4.91. The predicted octanol–water partition coefficient (Wildman–Crippen LogP) is 7.66. The van der Waals surface area contributed by atoms with Crippen molar-refractivity contribution in [1.29, 1.82) is 0 Å². The highest BCUT2D eigenvalue weighted by Crippen LogP contribution is 2.29. The lowest BCUT2D eigenvalue weighted by atomic mass is 10.1. The molecule has 6 nitrogen and oxygen atoms in total. The summed E-state index contributed by atoms with van der Waals surface area (Å²) in [5.74, 6) is 2.65. The van der Waals surface area contributed by atoms with Crippen LogP contribution < -0.4 is 14.8 Å². The maximum absolute atomic E-state index is 12.3. The number of halogens is 1. The molecule has 0 aliphatic rings. The van der Waals surface area contributed by atoms with Crippen molar-refractivity contribution in [3.63, 3.8) is 0 Å². The SMILES string of the molecule is C/C=C/c1ccc(OCCCCn2c(CCCCCNC(=O)Cc3ccccc3Cl)nc3ccccc32)c(OC)c1. The molecule has 1 N–H and O–H groups in total. The zero-order valence-corrected chi connectivity index (χ0v) is 24.8. The van der Waals surface area contributed by atoms with E-state index >= 15 is 0 Å². The predicted molar refractivity (Wildman–Crippen MR) is 168 cm³/mol. The van der Waals surface area contributed by atoms with Crippen LogP contribution in [0, 0.1) is 0 Å². The normalized spacial score (nSPS) is 11.3. The maximum Gasteiger partial charge on any atom is 0.224 e. The van der Waals surface area contributed by atoms with Crippen LogP contribution in [0.15, 0.2) is 72.8 Å². The van der Waals surface area contributed by atoms with Gasteiger partial charge in [0.15, 0.2) is 11.5 Å². The van der Waals surface area contributed by atoms with Crippen LogP contribution in [-0.4, -0.2) is 35.7 Å². The number of rotatable bonds is 16. The van der Waals surface area contributed by atoms with Gasteiger partial charge in [-0.05, 0) is 74.1 Å². The van der Waals surface area contributed by atoms with Gasteiger partial charge in [0.1, 0.15) is 5.82 Å². The largest absolute Gasteiger partial charge is 0.493 e. The number of benzene rings is 3. The van der Waals surface area contributed by atoms with Crippen LogP contribution >= 0.6 is 11.6 Å². The Labute approximate surface area is 248 Å². The van der Waals surface area contributed by atoms with Gasteiger partial charge in [0, 0.05) is 24.5 Å². The first-order valence-corrected chi connectivity index (χ1v) is 14.8. The zero-order chi connectivity index (χ0) is 28.9. The highest BCUT2D eigenvalue weighted by Gasteiger charge is 2.11. The van der Waals surface area contributed by atoms with Gasteiger partial charge >= 0.3 is 0 Å². The molecule has 0 bridgehead atoms. The summed E-state index contributed by atoms with van der Waals surface area (Å²) < 4.78 is 13.9. The van der Waals surface area contributed by atoms with Crippen molar-refractivity contribution in [2.24, 2.45) is 0 Å². The van der Waals surface area contributed by atoms with E-state index in [0.29, 0.717) is 24.6 Å². The fourth-order valence-corrected chi connectivity index (χ4v) is 5.11. The molecule has 0 unspecified atom stereocenters. The minimum atomic E-state index is 0.00739. The molecule has 0 spiro atoms. The van der Waals surface area contributed by atoms with Crippen molar-refractivity contribution in [2.75, 3.05) is 20.3 Å². The molecule has 3 aromatic carbocycles. The van der Waals surface area contributed by atoms with E-state index in [1.807, 2.05) is 67.6 Å². The summed E-state index contributed by atoms with van der Waals surface area (Å²) in [5.41, 5.74) is 4.16. The van der Waals surface area contributed by atoms with Crippen LogP contribution in [0.3, 0.4) is 0 Å². The number of aryl methyl sites for hydroxylation is 2. The van der Waals surface area contributed by atoms with E-state index in [4.69, 9.17) is 26.1 Å². The summed E-state index contributed by atoms with van der Waals surface area (Å²) >= 11 is 6.17. The summed E-state index contributed by atoms with van der Waals surface area (Å²) in [6.07, 6.45) is 10.2. The Morgan fingerprint density at radius 2 is 1.80 bits per heavy atom. The average Bonchev–Trinajstić information content (AvgIpc) is 3.33. The topological polar surface area (TPSA) is 65.4 Å². The lowest BCUT2D eigenvalue weighted by Gasteiger charge is -2.12. The van der Waals surface area contributed by atoms with Crippen molar-refractivity contribution in [2.45, 2.75) is 58.4 Å². The number of aromatic nitrogens is 2. The first kappa shape index (κ1) is 30.2. The number of carbonyl (C=O) groups is 1. The number of para-hydroxylation sites is 2. The van der Waals surface area contributed by atoms with Crippen molar-refractivity contribution in [3.8, 4) is 11.5 Å². The number of nitrogens with zero attached hydrogens (tertiary/aromatic N) is 2. The van der Waals surface area contributed by atoms with Crippen LogP contribution in [0.4, 0.5) is 0 Å². The summed E-state index contributed by atoms with van der Waals surface area (Å²) in [7, 11) is 1.67. The second-order valence-corrected chi connectivity index (χ2v) is 10.5. The number of amides is 1. The summed E-state index contributed by atoms with van der Waals surface area (Å²) in [6.45, 7) is 4.19. The van der Waals surface area contributed by atoms with Crippen LogP contribution in [-0.2, 0) is 24.2 Å². The zero-order valence-electron chi connectivity index (χ0n) is 24.1. The molecule has 41 heavy (non-hydrogen) atoms. The van der Waals surface area contributed by atoms with Crippen molar-refractivity contribution < 1.29 is 14.3 Å². The van der Waals surface area contributed by atoms with Gasteiger partial charge in [-0.15, -0.1) is 0 Å². The van der Waals surface area contributed by atoms with Crippen LogP contribution in [0.1, 0.15) is 56.0 Å². The van der Waals surface area contributed by atoms with E-state index < -0.39 is 0 Å². The number of hydrogen-bond acceptors (Lipinski definition) is 4. The molecule has 4 rings (SSSR count). The molecule has 1 heterocycles. The first-order valence-electron chi connectivity index (χ1n) is 14.5. The standard InChI is InChI=1S/C34H40ClN3O3/c1-3-13-26-19-20-31(32(24-26)40-2)41-23-12-11-22-38-30-17-9-8-16-29(30)37-33(38)18-5-4-10-21-36-34(39)25-27-14-6-7-15-28(27)35/h3,6-9,13-17,19-20,24H,4-5,10-12,18,21-23,25H2,1-2H3,(H,36,39)/b13-3+. The van der Waals surface area contributed by atoms with Gasteiger partial charge in [0.05, 0.1) is 31.2 Å². The molecule has 216 valence electrons. The minimum absolute atomic E-state index is 0.00739. The van der Waals surface area contributed by atoms with E-state index in [0.717, 1.165) is 79.0 Å². The Bertz CT molecular complexity index is 1450. The molecular weight excluding hydrogens is 534 g/mol. The molecule has 1 amide bonds. The van der Waals surface area contributed by atoms with Gasteiger partial charge in [-0.25, -0.2) is 4.98 Å². The van der Waals surface area contributed by atoms with Gasteiger partial charge in [0.2, 0.25) is 5.91 Å². The minimum Gasteiger partial charge on any atom is -0.493 e. The smallest absolute Gasteiger partial charge is 0.224 e. The molecule has 7 heteroatoms. The third kappa shape index (κ3) is 8.86. The number of imidazole rings is 1. The van der Waals surface area contributed by atoms with Gasteiger partial charge in [-0.3, -0.25) is 4.79 Å². The number of methoxy groups -OCH3 is 1. The van der Waals surface area contributed by atoms with Crippen molar-refractivity contribution in [3.05, 3.63) is 94.8 Å². The van der Waals surface area contributed by atoms with Gasteiger partial charge in [0.25, 0.3) is 0 Å². The molecule has 0 saturated carbocycles. The van der Waals surface area contributed by atoms with Gasteiger partial charge in [-0.1, -0.05) is 66.6 Å². The average molecular weight is 574 g/mol. The summed E-state index contributed by atoms with van der Waals surface area (Å²) in [5, 5.41) is 3.65. The lowest BCUT2D eigenvalue weighted by Crippen LogP contribution is -2.26. The molecule has 1 aromatic heterocycles. The molecule has 0 fully saturated rings. The van der Waals surface area contributed by atoms with E-state index in [9.17, 15) is 4.79 Å². The second-order valence-electron chi connectivity index (χ2n) is 10.1. The monoisotopic (exact) mass is 573 g/mol. The van der Waals surface area contributed by atoms with Crippen LogP contribution in [0.2, 0.25) is 5.02 Å². The molecule has 4 aromatic rings. The Morgan fingerprint density at radius 3 is 2.63 bits per heavy atom. The first-order chi connectivity index (χ1) is 20.1. The Morgan fingerprint density at radius 1 is 0.976 bits per heavy atom.